The number of hydrogen-bond donors (Lipinski definition) is 0. The third-order valence-electron chi connectivity index (χ3n) is 2.36. The van der Waals surface area contributed by atoms with Gasteiger partial charge in [0.2, 0.25) is 0 Å². The molecule has 0 saturated carbocycles. The quantitative estimate of drug-likeness (QED) is 0.765. The Morgan fingerprint density at radius 1 is 1.44 bits per heavy atom. The molecular formula is C12H10FNO2. The van der Waals surface area contributed by atoms with Crippen molar-refractivity contribution in [2.75, 3.05) is 7.11 Å². The molecule has 1 aromatic rings. The van der Waals surface area contributed by atoms with E-state index in [0.29, 0.717) is 5.57 Å². The van der Waals surface area contributed by atoms with E-state index in [-0.39, 0.29) is 23.5 Å². The highest BCUT2D eigenvalue weighted by Gasteiger charge is 2.19. The number of halogens is 1. The lowest BCUT2D eigenvalue weighted by Gasteiger charge is -2.10. The van der Waals surface area contributed by atoms with Crippen LogP contribution in [0.3, 0.4) is 0 Å². The van der Waals surface area contributed by atoms with Crippen LogP contribution >= 0.6 is 0 Å². The Labute approximate surface area is 92.3 Å². The van der Waals surface area contributed by atoms with Crippen molar-refractivity contribution in [3.05, 3.63) is 35.8 Å². The maximum Gasteiger partial charge on any atom is 0.173 e. The van der Waals surface area contributed by atoms with E-state index in [2.05, 4.69) is 4.99 Å². The molecule has 0 radical (unpaired) electrons. The molecule has 0 fully saturated rings. The van der Waals surface area contributed by atoms with Crippen LogP contribution in [0.1, 0.15) is 12.0 Å². The number of carbonyl (C=O) groups is 1. The lowest BCUT2D eigenvalue weighted by Crippen LogP contribution is -2.07. The predicted molar refractivity (Wildman–Crippen MR) is 59.0 cm³/mol. The Morgan fingerprint density at radius 2 is 2.25 bits per heavy atom. The summed E-state index contributed by atoms with van der Waals surface area (Å²) < 4.78 is 18.7. The van der Waals surface area contributed by atoms with Gasteiger partial charge in [0.05, 0.1) is 7.11 Å². The van der Waals surface area contributed by atoms with Crippen molar-refractivity contribution < 1.29 is 13.9 Å². The van der Waals surface area contributed by atoms with Crippen LogP contribution in [0.5, 0.6) is 5.75 Å². The van der Waals surface area contributed by atoms with Crippen molar-refractivity contribution in [3.8, 4) is 5.75 Å². The van der Waals surface area contributed by atoms with Crippen LogP contribution in [0.2, 0.25) is 0 Å². The lowest BCUT2D eigenvalue weighted by molar-refractivity contribution is -0.112. The average molecular weight is 219 g/mol. The molecule has 82 valence electrons. The topological polar surface area (TPSA) is 38.7 Å². The molecule has 0 unspecified atom stereocenters. The average Bonchev–Trinajstić information content (AvgIpc) is 2.31. The highest BCUT2D eigenvalue weighted by atomic mass is 19.1. The third kappa shape index (κ3) is 1.74. The number of aliphatic imine (C=N–C) groups is 1. The number of hydrogen-bond acceptors (Lipinski definition) is 3. The number of ketones is 1. The second kappa shape index (κ2) is 4.26. The molecule has 16 heavy (non-hydrogen) atoms. The normalized spacial score (nSPS) is 14.9. The molecule has 0 aliphatic carbocycles. The Balaban J connectivity index is 2.52. The second-order valence-electron chi connectivity index (χ2n) is 3.32. The minimum Gasteiger partial charge on any atom is -0.494 e. The fraction of sp³-hybridized carbons (Fsp3) is 0.167. The predicted octanol–water partition coefficient (Wildman–Crippen LogP) is 2.22. The summed E-state index contributed by atoms with van der Waals surface area (Å²) in [6, 6.07) is 4.70. The fourth-order valence-electron chi connectivity index (χ4n) is 1.54. The largest absolute Gasteiger partial charge is 0.494 e. The molecule has 2 rings (SSSR count). The highest BCUT2D eigenvalue weighted by Crippen LogP contribution is 2.27. The van der Waals surface area contributed by atoms with Crippen molar-refractivity contribution in [1.82, 2.24) is 0 Å². The number of nitrogens with zero attached hydrogens (tertiary/aromatic N) is 1. The third-order valence-corrected chi connectivity index (χ3v) is 2.36. The zero-order valence-electron chi connectivity index (χ0n) is 8.74. The van der Waals surface area contributed by atoms with E-state index in [4.69, 9.17) is 4.74 Å². The van der Waals surface area contributed by atoms with Crippen LogP contribution in [0.4, 0.5) is 4.39 Å². The van der Waals surface area contributed by atoms with Crippen LogP contribution in [0, 0.1) is 5.82 Å². The number of ether oxygens (including phenoxy) is 1. The summed E-state index contributed by atoms with van der Waals surface area (Å²) in [6.07, 6.45) is 3.09. The van der Waals surface area contributed by atoms with E-state index < -0.39 is 5.82 Å². The summed E-state index contributed by atoms with van der Waals surface area (Å²) in [5, 5.41) is 0. The maximum absolute atomic E-state index is 13.9. The lowest BCUT2D eigenvalue weighted by atomic mass is 9.99. The van der Waals surface area contributed by atoms with Gasteiger partial charge < -0.3 is 4.74 Å². The van der Waals surface area contributed by atoms with Gasteiger partial charge in [0.1, 0.15) is 0 Å². The van der Waals surface area contributed by atoms with Crippen LogP contribution in [0.25, 0.3) is 5.57 Å². The Bertz CT molecular complexity index is 492. The highest BCUT2D eigenvalue weighted by molar-refractivity contribution is 6.25. The summed E-state index contributed by atoms with van der Waals surface area (Å²) in [5.41, 5.74) is 0.528. The first-order valence-corrected chi connectivity index (χ1v) is 4.82. The van der Waals surface area contributed by atoms with E-state index in [0.717, 1.165) is 0 Å². The monoisotopic (exact) mass is 219 g/mol. The summed E-state index contributed by atoms with van der Waals surface area (Å²) in [7, 11) is 1.39. The first-order valence-electron chi connectivity index (χ1n) is 4.82. The molecule has 0 atom stereocenters. The van der Waals surface area contributed by atoms with Gasteiger partial charge in [-0.25, -0.2) is 4.39 Å². The van der Waals surface area contributed by atoms with Gasteiger partial charge in [-0.1, -0.05) is 12.1 Å². The second-order valence-corrected chi connectivity index (χ2v) is 3.32. The van der Waals surface area contributed by atoms with Gasteiger partial charge in [-0.05, 0) is 6.07 Å². The molecule has 1 aromatic carbocycles. The molecule has 1 aliphatic heterocycles. The number of carbonyl (C=O) groups excluding carboxylic acids is 1. The van der Waals surface area contributed by atoms with Crippen LogP contribution in [0.15, 0.2) is 29.4 Å². The minimum absolute atomic E-state index is 0.126. The first kappa shape index (κ1) is 10.5. The summed E-state index contributed by atoms with van der Waals surface area (Å²) in [5.74, 6) is -0.537. The van der Waals surface area contributed by atoms with Gasteiger partial charge in [-0.2, -0.15) is 0 Å². The fourth-order valence-corrected chi connectivity index (χ4v) is 1.54. The molecule has 0 bridgehead atoms. The van der Waals surface area contributed by atoms with Gasteiger partial charge >= 0.3 is 0 Å². The zero-order chi connectivity index (χ0) is 11.5. The number of methoxy groups -OCH3 is 1. The Hall–Kier alpha value is -1.97. The zero-order valence-corrected chi connectivity index (χ0v) is 8.74. The van der Waals surface area contributed by atoms with Gasteiger partial charge in [-0.15, -0.1) is 0 Å². The smallest absolute Gasteiger partial charge is 0.173 e. The van der Waals surface area contributed by atoms with Gasteiger partial charge in [0.25, 0.3) is 0 Å². The molecule has 0 aromatic heterocycles. The molecule has 0 amide bonds. The van der Waals surface area contributed by atoms with Gasteiger partial charge in [-0.3, -0.25) is 9.79 Å². The molecular weight excluding hydrogens is 209 g/mol. The van der Waals surface area contributed by atoms with Crippen LogP contribution in [-0.4, -0.2) is 19.1 Å². The summed E-state index contributed by atoms with van der Waals surface area (Å²) in [4.78, 5) is 15.4. The van der Waals surface area contributed by atoms with Gasteiger partial charge in [0.15, 0.2) is 17.3 Å². The molecule has 1 heterocycles. The van der Waals surface area contributed by atoms with E-state index in [1.807, 2.05) is 0 Å². The molecule has 0 N–H and O–H groups in total. The number of Topliss-reactive ketones (excluding diaryl/α,β-unsaturated/α-hetero) is 1. The molecule has 0 spiro atoms. The molecule has 4 heteroatoms. The molecule has 1 aliphatic rings. The van der Waals surface area contributed by atoms with Crippen molar-refractivity contribution in [2.24, 2.45) is 4.99 Å². The number of benzene rings is 1. The van der Waals surface area contributed by atoms with E-state index in [1.54, 1.807) is 12.1 Å². The summed E-state index contributed by atoms with van der Waals surface area (Å²) in [6.45, 7) is 0. The Kier molecular flexibility index (Phi) is 2.81. The standard InChI is InChI=1S/C12H10FNO2/c1-16-11-4-2-3-8(12(11)13)9-7-14-6-5-10(9)15/h2-4,6-7H,5H2,1H3. The van der Waals surface area contributed by atoms with Crippen molar-refractivity contribution in [1.29, 1.82) is 0 Å². The molecule has 0 saturated heterocycles. The van der Waals surface area contributed by atoms with E-state index in [1.165, 1.54) is 25.6 Å². The summed E-state index contributed by atoms with van der Waals surface area (Å²) >= 11 is 0. The molecule has 3 nitrogen and oxygen atoms in total. The van der Waals surface area contributed by atoms with E-state index in [9.17, 15) is 9.18 Å². The SMILES string of the molecule is COc1cccc(C2=CN=CCC2=O)c1F. The van der Waals surface area contributed by atoms with Crippen LogP contribution in [-0.2, 0) is 4.79 Å². The van der Waals surface area contributed by atoms with Crippen LogP contribution < -0.4 is 4.74 Å². The van der Waals surface area contributed by atoms with E-state index >= 15 is 0 Å². The van der Waals surface area contributed by atoms with Crippen molar-refractivity contribution in [3.63, 3.8) is 0 Å². The number of allylic oxidation sites excluding steroid dienone is 1. The Morgan fingerprint density at radius 3 is 2.94 bits per heavy atom. The van der Waals surface area contributed by atoms with Crippen molar-refractivity contribution >= 4 is 17.6 Å². The van der Waals surface area contributed by atoms with Gasteiger partial charge in [0, 0.05) is 30.0 Å². The van der Waals surface area contributed by atoms with Crippen molar-refractivity contribution in [2.45, 2.75) is 6.42 Å². The minimum atomic E-state index is -0.526. The maximum atomic E-state index is 13.9. The first-order chi connectivity index (χ1) is 7.74. The number of rotatable bonds is 2.